The maximum absolute atomic E-state index is 13.6. The zero-order valence-electron chi connectivity index (χ0n) is 19.1. The van der Waals surface area contributed by atoms with Crippen LogP contribution in [-0.4, -0.2) is 97.9 Å². The molecule has 180 valence electrons. The molecule has 1 saturated heterocycles. The molecule has 0 aromatic carbocycles. The van der Waals surface area contributed by atoms with E-state index < -0.39 is 58.2 Å². The van der Waals surface area contributed by atoms with Gasteiger partial charge in [-0.1, -0.05) is 0 Å². The maximum Gasteiger partial charge on any atom is 0.229 e. The Bertz CT molecular complexity index is 841. The van der Waals surface area contributed by atoms with Crippen molar-refractivity contribution in [2.45, 2.75) is 67.3 Å². The number of carbonyl (C=O) groups excluding carboxylic acids is 1. The van der Waals surface area contributed by atoms with E-state index in [0.717, 1.165) is 0 Å². The fourth-order valence-electron chi connectivity index (χ4n) is 10.1. The lowest BCUT2D eigenvalue weighted by atomic mass is 9.43. The zero-order chi connectivity index (χ0) is 22.8. The van der Waals surface area contributed by atoms with Gasteiger partial charge in [-0.15, -0.1) is 0 Å². The molecule has 0 radical (unpaired) electrons. The number of amides is 1. The summed E-state index contributed by atoms with van der Waals surface area (Å²) in [5, 5.41) is 39.5. The second-order valence-corrected chi connectivity index (χ2v) is 11.1. The van der Waals surface area contributed by atoms with Gasteiger partial charge < -0.3 is 39.6 Å². The SMILES string of the molecule is COC[C@@]12CC[C@H](OC)[C@@]34[C@@H]5C[C@H]6[C@H](O)[C@@H]5[C@](O)(C[C@@H]6OC)[C@](O)([C@@H](OC)[C@H]13)[C@H]4NC2=O. The van der Waals surface area contributed by atoms with Gasteiger partial charge in [0, 0.05) is 58.0 Å². The van der Waals surface area contributed by atoms with Crippen LogP contribution in [0.15, 0.2) is 0 Å². The van der Waals surface area contributed by atoms with E-state index in [0.29, 0.717) is 19.3 Å². The van der Waals surface area contributed by atoms with Crippen molar-refractivity contribution in [2.24, 2.45) is 34.5 Å². The van der Waals surface area contributed by atoms with Gasteiger partial charge in [-0.25, -0.2) is 0 Å². The standard InChI is InChI=1S/C23H35NO8/c1-29-9-20-6-5-13(31-3)22-11-7-10-12(30-2)8-21(27,14(11)15(10)25)23(28,17(32-4)16(20)22)18(22)24-19(20)26/h10-18,25,27-28H,5-9H2,1-4H3,(H,24,26)/t10-,11-,12+,13+,14-,15+,16-,17+,18+,20+,21-,22+,23+/m1/s1. The van der Waals surface area contributed by atoms with Crippen LogP contribution in [0.2, 0.25) is 0 Å². The number of carbonyl (C=O) groups is 1. The van der Waals surface area contributed by atoms with Gasteiger partial charge in [-0.2, -0.15) is 0 Å². The predicted molar refractivity (Wildman–Crippen MR) is 109 cm³/mol. The Morgan fingerprint density at radius 1 is 1.12 bits per heavy atom. The lowest BCUT2D eigenvalue weighted by Crippen LogP contribution is -2.82. The third-order valence-corrected chi connectivity index (χ3v) is 10.8. The molecule has 1 spiro atoms. The maximum atomic E-state index is 13.6. The average Bonchev–Trinajstić information content (AvgIpc) is 3.13. The summed E-state index contributed by atoms with van der Waals surface area (Å²) in [4.78, 5) is 13.6. The van der Waals surface area contributed by atoms with Crippen molar-refractivity contribution in [1.29, 1.82) is 0 Å². The Kier molecular flexibility index (Phi) is 4.37. The van der Waals surface area contributed by atoms with Crippen LogP contribution in [0.25, 0.3) is 0 Å². The molecule has 1 aliphatic heterocycles. The second-order valence-electron chi connectivity index (χ2n) is 11.1. The number of rotatable bonds is 5. The van der Waals surface area contributed by atoms with E-state index in [9.17, 15) is 20.1 Å². The van der Waals surface area contributed by atoms with E-state index in [4.69, 9.17) is 18.9 Å². The number of methoxy groups -OCH3 is 4. The van der Waals surface area contributed by atoms with Crippen LogP contribution in [0.5, 0.6) is 0 Å². The van der Waals surface area contributed by atoms with Crippen molar-refractivity contribution in [1.82, 2.24) is 5.32 Å². The van der Waals surface area contributed by atoms with Crippen LogP contribution >= 0.6 is 0 Å². The first-order valence-corrected chi connectivity index (χ1v) is 11.7. The first kappa shape index (κ1) is 21.7. The van der Waals surface area contributed by atoms with E-state index in [1.165, 1.54) is 7.11 Å². The summed E-state index contributed by atoms with van der Waals surface area (Å²) in [6.07, 6.45) is -0.259. The van der Waals surface area contributed by atoms with Crippen LogP contribution < -0.4 is 5.32 Å². The number of hydrogen-bond acceptors (Lipinski definition) is 8. The minimum Gasteiger partial charge on any atom is -0.392 e. The van der Waals surface area contributed by atoms with E-state index in [-0.39, 0.29) is 36.9 Å². The normalized spacial score (nSPS) is 61.6. The van der Waals surface area contributed by atoms with Crippen molar-refractivity contribution < 1.29 is 39.1 Å². The summed E-state index contributed by atoms with van der Waals surface area (Å²) in [6.45, 7) is 0.201. The Hall–Kier alpha value is -0.810. The topological polar surface area (TPSA) is 127 Å². The van der Waals surface area contributed by atoms with E-state index in [1.54, 1.807) is 21.3 Å². The number of aliphatic hydroxyl groups excluding tert-OH is 1. The molecule has 9 heteroatoms. The summed E-state index contributed by atoms with van der Waals surface area (Å²) < 4.78 is 23.5. The highest BCUT2D eigenvalue weighted by Crippen LogP contribution is 2.79. The molecule has 4 N–H and O–H groups in total. The fourth-order valence-corrected chi connectivity index (χ4v) is 10.1. The van der Waals surface area contributed by atoms with Gasteiger partial charge in [0.1, 0.15) is 11.2 Å². The van der Waals surface area contributed by atoms with Gasteiger partial charge in [0.2, 0.25) is 5.91 Å². The van der Waals surface area contributed by atoms with E-state index >= 15 is 0 Å². The molecule has 6 aliphatic rings. The van der Waals surface area contributed by atoms with Crippen molar-refractivity contribution in [3.05, 3.63) is 0 Å². The third-order valence-electron chi connectivity index (χ3n) is 10.8. The summed E-state index contributed by atoms with van der Waals surface area (Å²) >= 11 is 0. The Labute approximate surface area is 187 Å². The molecule has 0 aromatic rings. The molecule has 1 amide bonds. The quantitative estimate of drug-likeness (QED) is 0.420. The van der Waals surface area contributed by atoms with Crippen molar-refractivity contribution in [3.8, 4) is 0 Å². The fraction of sp³-hybridized carbons (Fsp3) is 0.957. The lowest BCUT2D eigenvalue weighted by molar-refractivity contribution is -0.297. The number of hydrogen-bond donors (Lipinski definition) is 4. The highest BCUT2D eigenvalue weighted by molar-refractivity contribution is 5.87. The highest BCUT2D eigenvalue weighted by atomic mass is 16.5. The van der Waals surface area contributed by atoms with E-state index in [1.807, 2.05) is 0 Å². The van der Waals surface area contributed by atoms with Crippen molar-refractivity contribution >= 4 is 5.91 Å². The van der Waals surface area contributed by atoms with Crippen LogP contribution in [-0.2, 0) is 23.7 Å². The molecule has 13 atom stereocenters. The molecule has 0 unspecified atom stereocenters. The van der Waals surface area contributed by atoms with Gasteiger partial charge in [0.05, 0.1) is 42.5 Å². The van der Waals surface area contributed by atoms with Crippen molar-refractivity contribution in [3.63, 3.8) is 0 Å². The van der Waals surface area contributed by atoms with Gasteiger partial charge in [-0.05, 0) is 25.2 Å². The van der Waals surface area contributed by atoms with E-state index in [2.05, 4.69) is 5.32 Å². The molecule has 6 rings (SSSR count). The Balaban J connectivity index is 1.67. The monoisotopic (exact) mass is 453 g/mol. The average molecular weight is 454 g/mol. The number of ether oxygens (including phenoxy) is 4. The van der Waals surface area contributed by atoms with Crippen molar-refractivity contribution in [2.75, 3.05) is 35.0 Å². The summed E-state index contributed by atoms with van der Waals surface area (Å²) in [5.41, 5.74) is -5.06. The molecule has 1 heterocycles. The molecule has 9 nitrogen and oxygen atoms in total. The lowest BCUT2D eigenvalue weighted by Gasteiger charge is -2.67. The van der Waals surface area contributed by atoms with Gasteiger partial charge in [-0.3, -0.25) is 4.79 Å². The smallest absolute Gasteiger partial charge is 0.229 e. The number of fused-ring (bicyclic) bond motifs is 2. The van der Waals surface area contributed by atoms with Crippen LogP contribution in [0.1, 0.15) is 25.7 Å². The summed E-state index contributed by atoms with van der Waals surface area (Å²) in [6, 6.07) is -0.750. The zero-order valence-corrected chi connectivity index (χ0v) is 19.1. The third kappa shape index (κ3) is 1.88. The molecular formula is C23H35NO8. The second kappa shape index (κ2) is 6.44. The molecule has 0 aromatic heterocycles. The molecule has 5 saturated carbocycles. The molecule has 6 fully saturated rings. The number of aliphatic hydroxyl groups is 3. The minimum absolute atomic E-state index is 0.138. The molecule has 32 heavy (non-hydrogen) atoms. The Morgan fingerprint density at radius 3 is 2.50 bits per heavy atom. The molecule has 5 aliphatic carbocycles. The Morgan fingerprint density at radius 2 is 1.88 bits per heavy atom. The minimum atomic E-state index is -1.80. The van der Waals surface area contributed by atoms with Gasteiger partial charge >= 0.3 is 0 Å². The summed E-state index contributed by atoms with van der Waals surface area (Å²) in [5.74, 6) is -1.41. The first-order valence-electron chi connectivity index (χ1n) is 11.7. The van der Waals surface area contributed by atoms with Gasteiger partial charge in [0.15, 0.2) is 0 Å². The van der Waals surface area contributed by atoms with Crippen LogP contribution in [0.3, 0.4) is 0 Å². The molecular weight excluding hydrogens is 418 g/mol. The number of piperidine rings is 1. The van der Waals surface area contributed by atoms with Crippen LogP contribution in [0.4, 0.5) is 0 Å². The highest BCUT2D eigenvalue weighted by Gasteiger charge is 2.91. The summed E-state index contributed by atoms with van der Waals surface area (Å²) in [7, 11) is 6.38. The predicted octanol–water partition coefficient (Wildman–Crippen LogP) is -0.935. The van der Waals surface area contributed by atoms with Crippen LogP contribution in [0, 0.1) is 34.5 Å². The first-order chi connectivity index (χ1) is 15.2. The number of nitrogens with one attached hydrogen (secondary N) is 1. The molecule has 7 bridgehead atoms. The van der Waals surface area contributed by atoms with Gasteiger partial charge in [0.25, 0.3) is 0 Å². The largest absolute Gasteiger partial charge is 0.392 e.